The zero-order valence-corrected chi connectivity index (χ0v) is 8.84. The number of aryl methyl sites for hydroxylation is 1. The molecular weight excluding hydrogens is 210 g/mol. The average Bonchev–Trinajstić information content (AvgIpc) is 2.60. The molecule has 74 valence electrons. The van der Waals surface area contributed by atoms with E-state index in [1.54, 1.807) is 6.20 Å². The van der Waals surface area contributed by atoms with Gasteiger partial charge in [0, 0.05) is 28.9 Å². The molecule has 0 radical (unpaired) electrons. The van der Waals surface area contributed by atoms with Gasteiger partial charge in [0.15, 0.2) is 0 Å². The van der Waals surface area contributed by atoms with Gasteiger partial charge in [0.05, 0.1) is 11.1 Å². The fourth-order valence-electron chi connectivity index (χ4n) is 1.43. The molecule has 0 unspecified atom stereocenters. The van der Waals surface area contributed by atoms with Crippen LogP contribution in [-0.4, -0.2) is 9.97 Å². The molecule has 1 N–H and O–H groups in total. The quantitative estimate of drug-likeness (QED) is 0.747. The highest BCUT2D eigenvalue weighted by Crippen LogP contribution is 2.26. The molecule has 0 aromatic carbocycles. The fourth-order valence-corrected chi connectivity index (χ4v) is 1.64. The molecule has 2 aromatic rings. The van der Waals surface area contributed by atoms with Crippen LogP contribution in [0.5, 0.6) is 0 Å². The maximum absolute atomic E-state index is 8.52. The van der Waals surface area contributed by atoms with Gasteiger partial charge in [-0.1, -0.05) is 11.6 Å². The van der Waals surface area contributed by atoms with Gasteiger partial charge in [-0.25, -0.2) is 4.98 Å². The summed E-state index contributed by atoms with van der Waals surface area (Å²) in [6, 6.07) is 5.76. The van der Waals surface area contributed by atoms with Crippen molar-refractivity contribution in [2.75, 3.05) is 0 Å². The molecule has 2 rings (SSSR count). The minimum absolute atomic E-state index is 0.425. The number of nitrogens with one attached hydrogen (secondary N) is 1. The molecule has 0 bridgehead atoms. The van der Waals surface area contributed by atoms with Crippen molar-refractivity contribution >= 4 is 27.7 Å². The molecule has 0 aliphatic heterocycles. The molecule has 2 heterocycles. The largest absolute Gasteiger partial charge is 0.345 e. The molecule has 0 amide bonds. The summed E-state index contributed by atoms with van der Waals surface area (Å²) >= 11 is 5.96. The number of nitrogens with zero attached hydrogens (tertiary/aromatic N) is 2. The molecule has 0 saturated heterocycles. The Bertz CT molecular complexity index is 575. The monoisotopic (exact) mass is 217 g/mol. The second-order valence-corrected chi connectivity index (χ2v) is 3.58. The van der Waals surface area contributed by atoms with Gasteiger partial charge in [0.2, 0.25) is 0 Å². The Morgan fingerprint density at radius 1 is 1.60 bits per heavy atom. The lowest BCUT2D eigenvalue weighted by molar-refractivity contribution is 1.22. The minimum Gasteiger partial charge on any atom is -0.345 e. The highest BCUT2D eigenvalue weighted by molar-refractivity contribution is 6.50. The van der Waals surface area contributed by atoms with Crippen molar-refractivity contribution in [2.45, 2.75) is 6.92 Å². The van der Waals surface area contributed by atoms with E-state index in [2.05, 4.69) is 9.97 Å². The number of allylic oxidation sites excluding steroid dienone is 1. The molecule has 0 spiro atoms. The van der Waals surface area contributed by atoms with E-state index in [4.69, 9.17) is 16.9 Å². The lowest BCUT2D eigenvalue weighted by Gasteiger charge is -1.95. The van der Waals surface area contributed by atoms with Crippen LogP contribution < -0.4 is 0 Å². The summed E-state index contributed by atoms with van der Waals surface area (Å²) in [5.74, 6) is 0. The third kappa shape index (κ3) is 1.72. The number of H-pyrrole nitrogens is 1. The van der Waals surface area contributed by atoms with Gasteiger partial charge in [-0.05, 0) is 19.1 Å². The first-order valence-corrected chi connectivity index (χ1v) is 4.80. The number of rotatable bonds is 1. The van der Waals surface area contributed by atoms with Crippen LogP contribution in [0.15, 0.2) is 24.4 Å². The third-order valence-electron chi connectivity index (χ3n) is 2.13. The molecule has 0 atom stereocenters. The Hall–Kier alpha value is -1.79. The summed E-state index contributed by atoms with van der Waals surface area (Å²) in [4.78, 5) is 7.34. The van der Waals surface area contributed by atoms with Gasteiger partial charge in [0.25, 0.3) is 0 Å². The van der Waals surface area contributed by atoms with Gasteiger partial charge in [-0.3, -0.25) is 0 Å². The van der Waals surface area contributed by atoms with Crippen LogP contribution in [0.25, 0.3) is 16.1 Å². The third-order valence-corrected chi connectivity index (χ3v) is 2.44. The highest BCUT2D eigenvalue weighted by atomic mass is 35.5. The van der Waals surface area contributed by atoms with E-state index in [1.165, 1.54) is 6.08 Å². The van der Waals surface area contributed by atoms with Gasteiger partial charge in [-0.15, -0.1) is 0 Å². The number of hydrogen-bond donors (Lipinski definition) is 1. The molecular formula is C11H8ClN3. The van der Waals surface area contributed by atoms with E-state index < -0.39 is 0 Å². The van der Waals surface area contributed by atoms with E-state index in [0.717, 1.165) is 22.3 Å². The topological polar surface area (TPSA) is 52.5 Å². The first-order chi connectivity index (χ1) is 7.22. The Labute approximate surface area is 92.0 Å². The summed E-state index contributed by atoms with van der Waals surface area (Å²) in [5.41, 5.74) is 2.53. The number of nitriles is 1. The first kappa shape index (κ1) is 9.75. The summed E-state index contributed by atoms with van der Waals surface area (Å²) in [6.45, 7) is 1.92. The van der Waals surface area contributed by atoms with Crippen LogP contribution in [0.1, 0.15) is 11.3 Å². The summed E-state index contributed by atoms with van der Waals surface area (Å²) in [6.07, 6.45) is 3.07. The van der Waals surface area contributed by atoms with Gasteiger partial charge >= 0.3 is 0 Å². The fraction of sp³-hybridized carbons (Fsp3) is 0.0909. The molecule has 0 fully saturated rings. The van der Waals surface area contributed by atoms with Crippen LogP contribution in [-0.2, 0) is 0 Å². The van der Waals surface area contributed by atoms with Crippen molar-refractivity contribution in [3.8, 4) is 6.07 Å². The molecule has 15 heavy (non-hydrogen) atoms. The number of aromatic amines is 1. The Morgan fingerprint density at radius 3 is 3.13 bits per heavy atom. The molecule has 3 nitrogen and oxygen atoms in total. The molecule has 4 heteroatoms. The van der Waals surface area contributed by atoms with Crippen LogP contribution in [0, 0.1) is 18.3 Å². The van der Waals surface area contributed by atoms with Crippen molar-refractivity contribution in [3.63, 3.8) is 0 Å². The maximum atomic E-state index is 8.52. The van der Waals surface area contributed by atoms with Gasteiger partial charge in [0.1, 0.15) is 5.65 Å². The SMILES string of the molecule is Cc1ccc2c(/C(Cl)=C/C#N)c[nH]c2n1. The van der Waals surface area contributed by atoms with E-state index in [0.29, 0.717) is 5.03 Å². The zero-order valence-electron chi connectivity index (χ0n) is 8.08. The zero-order chi connectivity index (χ0) is 10.8. The molecule has 0 saturated carbocycles. The maximum Gasteiger partial charge on any atom is 0.138 e. The predicted molar refractivity (Wildman–Crippen MR) is 60.3 cm³/mol. The second kappa shape index (κ2) is 3.76. The average molecular weight is 218 g/mol. The van der Waals surface area contributed by atoms with Crippen molar-refractivity contribution in [1.82, 2.24) is 9.97 Å². The molecule has 0 aliphatic carbocycles. The smallest absolute Gasteiger partial charge is 0.138 e. The summed E-state index contributed by atoms with van der Waals surface area (Å²) in [7, 11) is 0. The number of pyridine rings is 1. The van der Waals surface area contributed by atoms with Crippen molar-refractivity contribution in [2.24, 2.45) is 0 Å². The van der Waals surface area contributed by atoms with Crippen LogP contribution >= 0.6 is 11.6 Å². The second-order valence-electron chi connectivity index (χ2n) is 3.17. The predicted octanol–water partition coefficient (Wildman–Crippen LogP) is 2.97. The standard InChI is InChI=1S/C11H8ClN3/c1-7-2-3-8-9(10(12)4-5-13)6-14-11(8)15-7/h2-4,6H,1H3,(H,14,15)/b10-4-. The van der Waals surface area contributed by atoms with Crippen LogP contribution in [0.3, 0.4) is 0 Å². The van der Waals surface area contributed by atoms with Crippen LogP contribution in [0.4, 0.5) is 0 Å². The minimum atomic E-state index is 0.425. The number of hydrogen-bond acceptors (Lipinski definition) is 2. The Morgan fingerprint density at radius 2 is 2.40 bits per heavy atom. The van der Waals surface area contributed by atoms with E-state index in [-0.39, 0.29) is 0 Å². The number of aromatic nitrogens is 2. The molecule has 0 aliphatic rings. The first-order valence-electron chi connectivity index (χ1n) is 4.43. The van der Waals surface area contributed by atoms with Crippen molar-refractivity contribution < 1.29 is 0 Å². The lowest BCUT2D eigenvalue weighted by atomic mass is 10.2. The van der Waals surface area contributed by atoms with Gasteiger partial charge in [-0.2, -0.15) is 5.26 Å². The number of fused-ring (bicyclic) bond motifs is 1. The highest BCUT2D eigenvalue weighted by Gasteiger charge is 2.07. The van der Waals surface area contributed by atoms with E-state index in [1.807, 2.05) is 25.1 Å². The Kier molecular flexibility index (Phi) is 2.44. The van der Waals surface area contributed by atoms with Crippen molar-refractivity contribution in [1.29, 1.82) is 5.26 Å². The Balaban J connectivity index is 2.65. The van der Waals surface area contributed by atoms with E-state index in [9.17, 15) is 0 Å². The number of halogens is 1. The van der Waals surface area contributed by atoms with Crippen molar-refractivity contribution in [3.05, 3.63) is 35.7 Å². The summed E-state index contributed by atoms with van der Waals surface area (Å²) < 4.78 is 0. The van der Waals surface area contributed by atoms with E-state index >= 15 is 0 Å². The normalized spacial score (nSPS) is 11.7. The lowest BCUT2D eigenvalue weighted by Crippen LogP contribution is -1.81. The van der Waals surface area contributed by atoms with Crippen LogP contribution in [0.2, 0.25) is 0 Å². The van der Waals surface area contributed by atoms with Gasteiger partial charge < -0.3 is 4.98 Å². The summed E-state index contributed by atoms with van der Waals surface area (Å²) in [5, 5.41) is 9.87. The molecule has 2 aromatic heterocycles.